The lowest BCUT2D eigenvalue weighted by Gasteiger charge is -2.04. The lowest BCUT2D eigenvalue weighted by molar-refractivity contribution is -0.140. The molecular weight excluding hydrogens is 220 g/mol. The maximum atomic E-state index is 11.4. The molecule has 0 aliphatic rings. The van der Waals surface area contributed by atoms with Gasteiger partial charge in [0.1, 0.15) is 6.61 Å². The Morgan fingerprint density at radius 3 is 2.53 bits per heavy atom. The summed E-state index contributed by atoms with van der Waals surface area (Å²) in [5, 5.41) is 8.46. The molecule has 4 nitrogen and oxygen atoms in total. The highest BCUT2D eigenvalue weighted by molar-refractivity contribution is 5.88. The van der Waals surface area contributed by atoms with Crippen molar-refractivity contribution in [1.82, 2.24) is 0 Å². The van der Waals surface area contributed by atoms with E-state index in [1.54, 1.807) is 0 Å². The number of hydrogen-bond acceptors (Lipinski definition) is 3. The van der Waals surface area contributed by atoms with Gasteiger partial charge < -0.3 is 9.84 Å². The highest BCUT2D eigenvalue weighted by Gasteiger charge is 2.06. The molecule has 0 aliphatic heterocycles. The number of ether oxygens (including phenoxy) is 1. The number of carbonyl (C=O) groups excluding carboxylic acids is 1. The summed E-state index contributed by atoms with van der Waals surface area (Å²) in [6.45, 7) is 1.73. The maximum absolute atomic E-state index is 11.4. The molecule has 1 N–H and O–H groups in total. The Kier molecular flexibility index (Phi) is 4.94. The van der Waals surface area contributed by atoms with E-state index < -0.39 is 11.9 Å². The normalized spacial score (nSPS) is 11.0. The van der Waals surface area contributed by atoms with Crippen LogP contribution < -0.4 is 0 Å². The lowest BCUT2D eigenvalue weighted by atomic mass is 10.2. The first-order valence-electron chi connectivity index (χ1n) is 5.19. The number of esters is 1. The van der Waals surface area contributed by atoms with Crippen molar-refractivity contribution in [1.29, 1.82) is 0 Å². The monoisotopic (exact) mass is 234 g/mol. The topological polar surface area (TPSA) is 63.6 Å². The van der Waals surface area contributed by atoms with Gasteiger partial charge >= 0.3 is 11.9 Å². The van der Waals surface area contributed by atoms with Crippen LogP contribution in [0.5, 0.6) is 0 Å². The van der Waals surface area contributed by atoms with Gasteiger partial charge in [-0.3, -0.25) is 4.79 Å². The van der Waals surface area contributed by atoms with Gasteiger partial charge in [0.2, 0.25) is 0 Å². The van der Waals surface area contributed by atoms with Crippen LogP contribution in [0.3, 0.4) is 0 Å². The Morgan fingerprint density at radius 2 is 1.94 bits per heavy atom. The van der Waals surface area contributed by atoms with Crippen molar-refractivity contribution >= 4 is 11.9 Å². The molecule has 0 radical (unpaired) electrons. The van der Waals surface area contributed by atoms with Crippen molar-refractivity contribution in [3.05, 3.63) is 47.5 Å². The van der Waals surface area contributed by atoms with Crippen LogP contribution in [0, 0.1) is 0 Å². The van der Waals surface area contributed by atoms with Crippen molar-refractivity contribution in [2.45, 2.75) is 20.0 Å². The third-order valence-corrected chi connectivity index (χ3v) is 2.12. The number of rotatable bonds is 5. The van der Waals surface area contributed by atoms with Gasteiger partial charge in [0.25, 0.3) is 0 Å². The van der Waals surface area contributed by atoms with E-state index in [1.165, 1.54) is 13.0 Å². The fourth-order valence-corrected chi connectivity index (χ4v) is 1.16. The summed E-state index contributed by atoms with van der Waals surface area (Å²) in [6, 6.07) is 9.29. The number of carboxylic acids is 1. The molecule has 0 saturated heterocycles. The molecule has 0 bridgehead atoms. The number of carbonyl (C=O) groups is 2. The second kappa shape index (κ2) is 6.48. The first-order chi connectivity index (χ1) is 8.09. The largest absolute Gasteiger partial charge is 0.481 e. The van der Waals surface area contributed by atoms with E-state index in [0.717, 1.165) is 5.56 Å². The average Bonchev–Trinajstić information content (AvgIpc) is 2.34. The van der Waals surface area contributed by atoms with E-state index in [1.807, 2.05) is 30.3 Å². The number of aliphatic carboxylic acids is 1. The molecule has 4 heteroatoms. The second-order valence-corrected chi connectivity index (χ2v) is 3.55. The van der Waals surface area contributed by atoms with E-state index in [4.69, 9.17) is 9.84 Å². The van der Waals surface area contributed by atoms with Gasteiger partial charge in [0.05, 0.1) is 6.42 Å². The molecule has 1 aromatic carbocycles. The molecule has 1 aromatic rings. The van der Waals surface area contributed by atoms with E-state index in [9.17, 15) is 9.59 Å². The molecule has 90 valence electrons. The van der Waals surface area contributed by atoms with E-state index in [-0.39, 0.29) is 13.0 Å². The van der Waals surface area contributed by atoms with Crippen molar-refractivity contribution in [2.24, 2.45) is 0 Å². The fraction of sp³-hybridized carbons (Fsp3) is 0.231. The second-order valence-electron chi connectivity index (χ2n) is 3.55. The molecule has 1 rings (SSSR count). The summed E-state index contributed by atoms with van der Waals surface area (Å²) >= 11 is 0. The van der Waals surface area contributed by atoms with Crippen LogP contribution in [0.25, 0.3) is 0 Å². The molecule has 0 atom stereocenters. The number of hydrogen-bond donors (Lipinski definition) is 1. The summed E-state index contributed by atoms with van der Waals surface area (Å²) in [4.78, 5) is 21.8. The zero-order valence-corrected chi connectivity index (χ0v) is 9.55. The molecule has 0 heterocycles. The molecule has 0 saturated carbocycles. The minimum Gasteiger partial charge on any atom is -0.481 e. The van der Waals surface area contributed by atoms with Crippen molar-refractivity contribution in [3.63, 3.8) is 0 Å². The van der Waals surface area contributed by atoms with E-state index in [0.29, 0.717) is 5.57 Å². The molecule has 0 fully saturated rings. The van der Waals surface area contributed by atoms with Crippen molar-refractivity contribution in [3.8, 4) is 0 Å². The van der Waals surface area contributed by atoms with Crippen LogP contribution >= 0.6 is 0 Å². The summed E-state index contributed by atoms with van der Waals surface area (Å²) in [5.41, 5.74) is 1.20. The zero-order valence-electron chi connectivity index (χ0n) is 9.55. The van der Waals surface area contributed by atoms with E-state index >= 15 is 0 Å². The number of carboxylic acid groups (broad SMARTS) is 1. The lowest BCUT2D eigenvalue weighted by Crippen LogP contribution is -2.06. The van der Waals surface area contributed by atoms with Crippen LogP contribution in [0.2, 0.25) is 0 Å². The predicted molar refractivity (Wildman–Crippen MR) is 62.2 cm³/mol. The smallest absolute Gasteiger partial charge is 0.333 e. The Balaban J connectivity index is 2.44. The van der Waals surface area contributed by atoms with Gasteiger partial charge in [-0.05, 0) is 12.5 Å². The molecule has 0 aromatic heterocycles. The average molecular weight is 234 g/mol. The van der Waals surface area contributed by atoms with Crippen LogP contribution in [0.15, 0.2) is 42.0 Å². The molecule has 17 heavy (non-hydrogen) atoms. The van der Waals surface area contributed by atoms with Crippen LogP contribution in [0.4, 0.5) is 0 Å². The van der Waals surface area contributed by atoms with Crippen LogP contribution in [0.1, 0.15) is 18.9 Å². The SMILES string of the molecule is CC(=CCC(=O)O)C(=O)OCc1ccccc1. The minimum absolute atomic E-state index is 0.174. The van der Waals surface area contributed by atoms with Gasteiger partial charge in [-0.1, -0.05) is 36.4 Å². The first-order valence-corrected chi connectivity index (χ1v) is 5.19. The van der Waals surface area contributed by atoms with Crippen LogP contribution in [-0.2, 0) is 20.9 Å². The number of benzene rings is 1. The fourth-order valence-electron chi connectivity index (χ4n) is 1.16. The predicted octanol–water partition coefficient (Wildman–Crippen LogP) is 2.15. The highest BCUT2D eigenvalue weighted by atomic mass is 16.5. The first kappa shape index (κ1) is 13.0. The van der Waals surface area contributed by atoms with Gasteiger partial charge in [-0.25, -0.2) is 4.79 Å². The Morgan fingerprint density at radius 1 is 1.29 bits per heavy atom. The molecular formula is C13H14O4. The quantitative estimate of drug-likeness (QED) is 0.626. The van der Waals surface area contributed by atoms with Crippen molar-refractivity contribution in [2.75, 3.05) is 0 Å². The molecule has 0 unspecified atom stereocenters. The third-order valence-electron chi connectivity index (χ3n) is 2.12. The van der Waals surface area contributed by atoms with E-state index in [2.05, 4.69) is 0 Å². The van der Waals surface area contributed by atoms with Crippen LogP contribution in [-0.4, -0.2) is 17.0 Å². The Bertz CT molecular complexity index is 420. The maximum Gasteiger partial charge on any atom is 0.333 e. The van der Waals surface area contributed by atoms with Gasteiger partial charge in [0.15, 0.2) is 0 Å². The summed E-state index contributed by atoms with van der Waals surface area (Å²) < 4.78 is 5.02. The Labute approximate surface area is 99.5 Å². The van der Waals surface area contributed by atoms with Crippen molar-refractivity contribution < 1.29 is 19.4 Å². The summed E-state index contributed by atoms with van der Waals surface area (Å²) in [5.74, 6) is -1.46. The van der Waals surface area contributed by atoms with Gasteiger partial charge in [-0.2, -0.15) is 0 Å². The highest BCUT2D eigenvalue weighted by Crippen LogP contribution is 2.04. The zero-order chi connectivity index (χ0) is 12.7. The van der Waals surface area contributed by atoms with Gasteiger partial charge in [-0.15, -0.1) is 0 Å². The molecule has 0 aliphatic carbocycles. The molecule has 0 amide bonds. The Hall–Kier alpha value is -2.10. The standard InChI is InChI=1S/C13H14O4/c1-10(7-8-12(14)15)13(16)17-9-11-5-3-2-4-6-11/h2-7H,8-9H2,1H3,(H,14,15). The molecule has 0 spiro atoms. The summed E-state index contributed by atoms with van der Waals surface area (Å²) in [6.07, 6.45) is 1.17. The summed E-state index contributed by atoms with van der Waals surface area (Å²) in [7, 11) is 0. The van der Waals surface area contributed by atoms with Gasteiger partial charge in [0, 0.05) is 5.57 Å². The third kappa shape index (κ3) is 4.97. The minimum atomic E-state index is -0.972.